The maximum absolute atomic E-state index is 11.4. The van der Waals surface area contributed by atoms with E-state index in [1.165, 1.54) is 7.11 Å². The minimum Gasteiger partial charge on any atom is -0.494 e. The van der Waals surface area contributed by atoms with E-state index >= 15 is 0 Å². The number of hydrogen-bond donors (Lipinski definition) is 0. The van der Waals surface area contributed by atoms with Gasteiger partial charge in [-0.25, -0.2) is 18.4 Å². The maximum atomic E-state index is 11.4. The molecule has 0 radical (unpaired) electrons. The van der Waals surface area contributed by atoms with E-state index in [1.807, 2.05) is 48.5 Å². The Kier molecular flexibility index (Phi) is 4.52. The Balaban J connectivity index is 1.93. The van der Waals surface area contributed by atoms with Crippen LogP contribution in [-0.4, -0.2) is 38.2 Å². The molecule has 0 bridgehead atoms. The van der Waals surface area contributed by atoms with Gasteiger partial charge >= 0.3 is 0 Å². The lowest BCUT2D eigenvalue weighted by atomic mass is 10.1. The lowest BCUT2D eigenvalue weighted by Crippen LogP contribution is -2.11. The molecule has 0 fully saturated rings. The van der Waals surface area contributed by atoms with Crippen LogP contribution in [0, 0.1) is 0 Å². The van der Waals surface area contributed by atoms with Crippen molar-refractivity contribution >= 4 is 48.9 Å². The van der Waals surface area contributed by atoms with Crippen molar-refractivity contribution in [2.24, 2.45) is 9.39 Å². The highest BCUT2D eigenvalue weighted by Gasteiger charge is 2.15. The molecule has 0 spiro atoms. The molecular formula is C21H17N3O3S. The molecule has 0 amide bonds. The number of para-hydroxylation sites is 2. The van der Waals surface area contributed by atoms with Crippen molar-refractivity contribution in [3.05, 3.63) is 72.5 Å². The second-order valence-electron chi connectivity index (χ2n) is 6.29. The van der Waals surface area contributed by atoms with E-state index in [0.717, 1.165) is 33.7 Å². The monoisotopic (exact) mass is 391 g/mol. The summed E-state index contributed by atoms with van der Waals surface area (Å²) in [6.07, 6.45) is 5.92. The average molecular weight is 391 g/mol. The van der Waals surface area contributed by atoms with Crippen LogP contribution in [0.2, 0.25) is 0 Å². The number of ether oxygens (including phenoxy) is 1. The third-order valence-corrected chi connectivity index (χ3v) is 4.77. The summed E-state index contributed by atoms with van der Waals surface area (Å²) in [6, 6.07) is 15.6. The van der Waals surface area contributed by atoms with Gasteiger partial charge in [0.15, 0.2) is 0 Å². The van der Waals surface area contributed by atoms with E-state index in [4.69, 9.17) is 14.7 Å². The molecule has 0 N–H and O–H groups in total. The third-order valence-electron chi connectivity index (χ3n) is 4.23. The van der Waals surface area contributed by atoms with Crippen LogP contribution >= 0.6 is 0 Å². The SMILES string of the molecule is COC1=C/C(=N/S(C)(=O)=O)C=CC1=Nc1c2ccccc2nc2ccccc12. The van der Waals surface area contributed by atoms with Crippen LogP contribution in [0.1, 0.15) is 0 Å². The predicted molar refractivity (Wildman–Crippen MR) is 113 cm³/mol. The van der Waals surface area contributed by atoms with Crippen molar-refractivity contribution in [1.29, 1.82) is 0 Å². The lowest BCUT2D eigenvalue weighted by Gasteiger charge is -2.13. The minimum absolute atomic E-state index is 0.294. The summed E-state index contributed by atoms with van der Waals surface area (Å²) in [5.41, 5.74) is 3.36. The van der Waals surface area contributed by atoms with Gasteiger partial charge in [0, 0.05) is 16.8 Å². The third kappa shape index (κ3) is 3.57. The summed E-state index contributed by atoms with van der Waals surface area (Å²) < 4.78 is 32.0. The van der Waals surface area contributed by atoms with Gasteiger partial charge in [-0.1, -0.05) is 36.4 Å². The topological polar surface area (TPSA) is 81.0 Å². The molecule has 140 valence electrons. The van der Waals surface area contributed by atoms with Gasteiger partial charge < -0.3 is 4.74 Å². The number of rotatable bonds is 3. The Morgan fingerprint density at radius 1 is 0.929 bits per heavy atom. The Hall–Kier alpha value is -3.32. The van der Waals surface area contributed by atoms with Crippen molar-refractivity contribution in [2.75, 3.05) is 13.4 Å². The second kappa shape index (κ2) is 7.01. The first kappa shape index (κ1) is 18.1. The Morgan fingerprint density at radius 3 is 2.11 bits per heavy atom. The summed E-state index contributed by atoms with van der Waals surface area (Å²) >= 11 is 0. The highest BCUT2D eigenvalue weighted by Crippen LogP contribution is 2.34. The number of sulfonamides is 1. The highest BCUT2D eigenvalue weighted by molar-refractivity contribution is 7.89. The molecule has 1 aliphatic rings. The van der Waals surface area contributed by atoms with Gasteiger partial charge in [-0.3, -0.25) is 0 Å². The fourth-order valence-electron chi connectivity index (χ4n) is 3.07. The highest BCUT2D eigenvalue weighted by atomic mass is 32.2. The smallest absolute Gasteiger partial charge is 0.250 e. The van der Waals surface area contributed by atoms with Gasteiger partial charge in [-0.2, -0.15) is 4.40 Å². The quantitative estimate of drug-likeness (QED) is 0.500. The number of aliphatic imine (C=N–C) groups is 1. The predicted octanol–water partition coefficient (Wildman–Crippen LogP) is 3.96. The van der Waals surface area contributed by atoms with Crippen LogP contribution < -0.4 is 0 Å². The van der Waals surface area contributed by atoms with E-state index in [0.29, 0.717) is 17.2 Å². The van der Waals surface area contributed by atoms with Gasteiger partial charge in [0.1, 0.15) is 11.5 Å². The zero-order valence-electron chi connectivity index (χ0n) is 15.3. The molecule has 0 unspecified atom stereocenters. The van der Waals surface area contributed by atoms with Crippen molar-refractivity contribution in [1.82, 2.24) is 4.98 Å². The standard InChI is InChI=1S/C21H17N3O3S/c1-27-20-13-14(24-28(2,25)26)11-12-19(20)23-21-15-7-3-5-9-17(15)22-18-10-6-4-8-16(18)21/h3-13H,1-2H3/b23-19?,24-14+. The van der Waals surface area contributed by atoms with Crippen LogP contribution in [0.15, 0.2) is 81.9 Å². The first-order chi connectivity index (χ1) is 13.4. The molecule has 3 aromatic rings. The van der Waals surface area contributed by atoms with E-state index in [9.17, 15) is 8.42 Å². The molecule has 1 aliphatic carbocycles. The van der Waals surface area contributed by atoms with Crippen LogP contribution in [-0.2, 0) is 14.8 Å². The summed E-state index contributed by atoms with van der Waals surface area (Å²) in [6.45, 7) is 0. The molecule has 7 heteroatoms. The van der Waals surface area contributed by atoms with Gasteiger partial charge in [0.2, 0.25) is 0 Å². The Morgan fingerprint density at radius 2 is 1.54 bits per heavy atom. The van der Waals surface area contributed by atoms with Gasteiger partial charge in [0.25, 0.3) is 10.0 Å². The fourth-order valence-corrected chi connectivity index (χ4v) is 3.56. The Bertz CT molecular complexity index is 1270. The van der Waals surface area contributed by atoms with Crippen LogP contribution in [0.4, 0.5) is 5.69 Å². The maximum Gasteiger partial charge on any atom is 0.250 e. The zero-order chi connectivity index (χ0) is 19.7. The average Bonchev–Trinajstić information content (AvgIpc) is 2.67. The molecule has 0 saturated heterocycles. The number of benzene rings is 2. The summed E-state index contributed by atoms with van der Waals surface area (Å²) in [4.78, 5) is 9.55. The molecule has 1 heterocycles. The molecule has 2 aromatic carbocycles. The first-order valence-electron chi connectivity index (χ1n) is 8.55. The number of allylic oxidation sites excluding steroid dienone is 3. The van der Waals surface area contributed by atoms with Crippen molar-refractivity contribution in [2.45, 2.75) is 0 Å². The molecule has 4 rings (SSSR count). The fraction of sp³-hybridized carbons (Fsp3) is 0.0952. The lowest BCUT2D eigenvalue weighted by molar-refractivity contribution is 0.316. The van der Waals surface area contributed by atoms with Crippen LogP contribution in [0.3, 0.4) is 0 Å². The van der Waals surface area contributed by atoms with E-state index < -0.39 is 10.0 Å². The number of nitrogens with zero attached hydrogens (tertiary/aromatic N) is 3. The molecule has 6 nitrogen and oxygen atoms in total. The number of methoxy groups -OCH3 is 1. The number of pyridine rings is 1. The summed E-state index contributed by atoms with van der Waals surface area (Å²) in [7, 11) is -1.99. The molecule has 0 aliphatic heterocycles. The van der Waals surface area contributed by atoms with Gasteiger partial charge in [-0.05, 0) is 24.3 Å². The van der Waals surface area contributed by atoms with Gasteiger partial charge in [0.05, 0.1) is 35.8 Å². The summed E-state index contributed by atoms with van der Waals surface area (Å²) in [5.74, 6) is 0.440. The molecule has 28 heavy (non-hydrogen) atoms. The van der Waals surface area contributed by atoms with E-state index in [2.05, 4.69) is 4.40 Å². The minimum atomic E-state index is -3.50. The molecule has 0 saturated carbocycles. The van der Waals surface area contributed by atoms with Crippen LogP contribution in [0.25, 0.3) is 21.8 Å². The second-order valence-corrected chi connectivity index (χ2v) is 7.94. The zero-order valence-corrected chi connectivity index (χ0v) is 16.1. The molecule has 0 atom stereocenters. The number of hydrogen-bond acceptors (Lipinski definition) is 5. The van der Waals surface area contributed by atoms with E-state index in [1.54, 1.807) is 18.2 Å². The normalized spacial score (nSPS) is 17.4. The summed E-state index contributed by atoms with van der Waals surface area (Å²) in [5, 5.41) is 1.85. The molecular weight excluding hydrogens is 374 g/mol. The number of fused-ring (bicyclic) bond motifs is 2. The van der Waals surface area contributed by atoms with Crippen molar-refractivity contribution < 1.29 is 13.2 Å². The largest absolute Gasteiger partial charge is 0.494 e. The van der Waals surface area contributed by atoms with E-state index in [-0.39, 0.29) is 0 Å². The van der Waals surface area contributed by atoms with Gasteiger partial charge in [-0.15, -0.1) is 0 Å². The van der Waals surface area contributed by atoms with Crippen molar-refractivity contribution in [3.63, 3.8) is 0 Å². The first-order valence-corrected chi connectivity index (χ1v) is 10.4. The molecule has 1 aromatic heterocycles. The van der Waals surface area contributed by atoms with Crippen molar-refractivity contribution in [3.8, 4) is 0 Å². The number of aromatic nitrogens is 1. The Labute approximate surface area is 162 Å². The van der Waals surface area contributed by atoms with Crippen LogP contribution in [0.5, 0.6) is 0 Å².